The number of aromatic nitrogens is 1. The molecule has 5 rings (SSSR count). The molecule has 2 aliphatic heterocycles. The number of hydrogen-bond acceptors (Lipinski definition) is 4. The first-order chi connectivity index (χ1) is 14.7. The molecule has 4 heteroatoms. The molecule has 0 spiro atoms. The Morgan fingerprint density at radius 1 is 1.03 bits per heavy atom. The van der Waals surface area contributed by atoms with Gasteiger partial charge < -0.3 is 4.90 Å². The molecule has 2 aromatic rings. The molecule has 1 aromatic heterocycles. The number of aryl methyl sites for hydroxylation is 1. The van der Waals surface area contributed by atoms with Crippen LogP contribution in [0.5, 0.6) is 0 Å². The van der Waals surface area contributed by atoms with Crippen molar-refractivity contribution in [2.45, 2.75) is 63.6 Å². The first-order valence-corrected chi connectivity index (χ1v) is 11.9. The van der Waals surface area contributed by atoms with E-state index in [2.05, 4.69) is 59.1 Å². The predicted octanol–water partition coefficient (Wildman–Crippen LogP) is 4.44. The molecule has 160 valence electrons. The number of fused-ring (bicyclic) bond motifs is 2. The number of anilines is 1. The number of rotatable bonds is 4. The summed E-state index contributed by atoms with van der Waals surface area (Å²) in [6.07, 6.45) is 10.9. The third-order valence-corrected chi connectivity index (χ3v) is 7.62. The van der Waals surface area contributed by atoms with Crippen molar-refractivity contribution in [2.75, 3.05) is 38.6 Å². The first kappa shape index (κ1) is 20.0. The highest BCUT2D eigenvalue weighted by molar-refractivity contribution is 5.58. The molecular weight excluding hydrogens is 368 g/mol. The fourth-order valence-electron chi connectivity index (χ4n) is 5.90. The molecule has 0 radical (unpaired) electrons. The second-order valence-electron chi connectivity index (χ2n) is 9.63. The SMILES string of the molecule is CN1Cc2cccc(N3CCCCC3)c2C[C@H]1CN(C)[C@H]1CCCc2cccnc21. The van der Waals surface area contributed by atoms with Crippen molar-refractivity contribution in [3.63, 3.8) is 0 Å². The van der Waals surface area contributed by atoms with Gasteiger partial charge in [-0.2, -0.15) is 0 Å². The average molecular weight is 405 g/mol. The molecular formula is C26H36N4. The maximum Gasteiger partial charge on any atom is 0.0607 e. The summed E-state index contributed by atoms with van der Waals surface area (Å²) in [5, 5.41) is 0. The van der Waals surface area contributed by atoms with E-state index in [1.807, 2.05) is 6.20 Å². The van der Waals surface area contributed by atoms with Crippen LogP contribution in [0.3, 0.4) is 0 Å². The lowest BCUT2D eigenvalue weighted by Crippen LogP contribution is -2.46. The molecule has 0 bridgehead atoms. The average Bonchev–Trinajstić information content (AvgIpc) is 2.79. The van der Waals surface area contributed by atoms with Gasteiger partial charge in [0.25, 0.3) is 0 Å². The third-order valence-electron chi connectivity index (χ3n) is 7.62. The summed E-state index contributed by atoms with van der Waals surface area (Å²) in [5.41, 5.74) is 7.43. The summed E-state index contributed by atoms with van der Waals surface area (Å²) in [4.78, 5) is 12.6. The molecule has 1 aliphatic carbocycles. The fourth-order valence-corrected chi connectivity index (χ4v) is 5.90. The molecule has 0 amide bonds. The minimum Gasteiger partial charge on any atom is -0.371 e. The standard InChI is InChI=1S/C26H36N4/c1-28-18-21-10-7-12-24(30-15-4-3-5-16-30)23(21)17-22(28)19-29(2)25-13-6-9-20-11-8-14-27-26(20)25/h7-8,10-12,14,22,25H,3-6,9,13,15-19H2,1-2H3/t22-,25-/m0/s1. The highest BCUT2D eigenvalue weighted by Gasteiger charge is 2.31. The van der Waals surface area contributed by atoms with Gasteiger partial charge in [-0.25, -0.2) is 0 Å². The van der Waals surface area contributed by atoms with Crippen LogP contribution >= 0.6 is 0 Å². The van der Waals surface area contributed by atoms with Crippen molar-refractivity contribution in [3.05, 3.63) is 58.9 Å². The van der Waals surface area contributed by atoms with E-state index in [0.29, 0.717) is 12.1 Å². The largest absolute Gasteiger partial charge is 0.371 e. The van der Waals surface area contributed by atoms with E-state index in [4.69, 9.17) is 4.98 Å². The summed E-state index contributed by atoms with van der Waals surface area (Å²) >= 11 is 0. The molecule has 1 saturated heterocycles. The minimum atomic E-state index is 0.460. The number of likely N-dealkylation sites (N-methyl/N-ethyl adjacent to an activating group) is 2. The molecule has 3 aliphatic rings. The van der Waals surface area contributed by atoms with Crippen LogP contribution in [0.2, 0.25) is 0 Å². The van der Waals surface area contributed by atoms with Crippen molar-refractivity contribution < 1.29 is 0 Å². The Morgan fingerprint density at radius 3 is 2.73 bits per heavy atom. The maximum atomic E-state index is 4.78. The zero-order valence-corrected chi connectivity index (χ0v) is 18.7. The van der Waals surface area contributed by atoms with Gasteiger partial charge in [-0.05, 0) is 87.9 Å². The van der Waals surface area contributed by atoms with E-state index in [0.717, 1.165) is 19.5 Å². The quantitative estimate of drug-likeness (QED) is 0.751. The van der Waals surface area contributed by atoms with Crippen molar-refractivity contribution in [1.29, 1.82) is 0 Å². The van der Waals surface area contributed by atoms with Crippen LogP contribution in [0.15, 0.2) is 36.5 Å². The summed E-state index contributed by atoms with van der Waals surface area (Å²) in [7, 11) is 4.62. The Morgan fingerprint density at radius 2 is 1.87 bits per heavy atom. The second kappa shape index (κ2) is 8.68. The van der Waals surface area contributed by atoms with Crippen molar-refractivity contribution in [1.82, 2.24) is 14.8 Å². The fraction of sp³-hybridized carbons (Fsp3) is 0.577. The van der Waals surface area contributed by atoms with Crippen LogP contribution in [0.4, 0.5) is 5.69 Å². The molecule has 1 aromatic carbocycles. The highest BCUT2D eigenvalue weighted by Crippen LogP contribution is 2.35. The van der Waals surface area contributed by atoms with E-state index < -0.39 is 0 Å². The molecule has 3 heterocycles. The molecule has 2 atom stereocenters. The smallest absolute Gasteiger partial charge is 0.0607 e. The number of nitrogens with zero attached hydrogens (tertiary/aromatic N) is 4. The van der Waals surface area contributed by atoms with Gasteiger partial charge >= 0.3 is 0 Å². The zero-order valence-electron chi connectivity index (χ0n) is 18.7. The van der Waals surface area contributed by atoms with Gasteiger partial charge in [-0.15, -0.1) is 0 Å². The van der Waals surface area contributed by atoms with Crippen molar-refractivity contribution in [2.24, 2.45) is 0 Å². The van der Waals surface area contributed by atoms with Gasteiger partial charge in [0.05, 0.1) is 11.7 Å². The van der Waals surface area contributed by atoms with Gasteiger partial charge in [0.1, 0.15) is 0 Å². The van der Waals surface area contributed by atoms with Crippen LogP contribution in [0, 0.1) is 0 Å². The van der Waals surface area contributed by atoms with E-state index in [1.54, 1.807) is 5.56 Å². The molecule has 0 saturated carbocycles. The predicted molar refractivity (Wildman–Crippen MR) is 124 cm³/mol. The molecule has 30 heavy (non-hydrogen) atoms. The number of hydrogen-bond donors (Lipinski definition) is 0. The number of piperidine rings is 1. The van der Waals surface area contributed by atoms with Crippen LogP contribution in [-0.2, 0) is 19.4 Å². The Kier molecular flexibility index (Phi) is 5.79. The van der Waals surface area contributed by atoms with Crippen LogP contribution in [0.25, 0.3) is 0 Å². The third kappa shape index (κ3) is 3.88. The van der Waals surface area contributed by atoms with Crippen LogP contribution < -0.4 is 4.90 Å². The molecule has 0 unspecified atom stereocenters. The van der Waals surface area contributed by atoms with Gasteiger partial charge in [0.15, 0.2) is 0 Å². The van der Waals surface area contributed by atoms with E-state index in [1.165, 1.54) is 74.1 Å². The summed E-state index contributed by atoms with van der Waals surface area (Å²) < 4.78 is 0. The first-order valence-electron chi connectivity index (χ1n) is 11.9. The molecule has 4 nitrogen and oxygen atoms in total. The van der Waals surface area contributed by atoms with Crippen molar-refractivity contribution >= 4 is 5.69 Å². The van der Waals surface area contributed by atoms with Gasteiger partial charge in [0.2, 0.25) is 0 Å². The van der Waals surface area contributed by atoms with E-state index in [-0.39, 0.29) is 0 Å². The Bertz CT molecular complexity index is 873. The minimum absolute atomic E-state index is 0.460. The Hall–Kier alpha value is -1.91. The Labute approximate surface area is 181 Å². The van der Waals surface area contributed by atoms with Gasteiger partial charge in [-0.1, -0.05) is 18.2 Å². The van der Waals surface area contributed by atoms with E-state index >= 15 is 0 Å². The number of pyridine rings is 1. The molecule has 1 fully saturated rings. The lowest BCUT2D eigenvalue weighted by molar-refractivity contribution is 0.126. The second-order valence-corrected chi connectivity index (χ2v) is 9.63. The normalized spacial score (nSPS) is 24.6. The van der Waals surface area contributed by atoms with Crippen molar-refractivity contribution in [3.8, 4) is 0 Å². The lowest BCUT2D eigenvalue weighted by atomic mass is 9.89. The monoisotopic (exact) mass is 404 g/mol. The van der Waals surface area contributed by atoms with Crippen LogP contribution in [0.1, 0.15) is 60.5 Å². The topological polar surface area (TPSA) is 22.6 Å². The Balaban J connectivity index is 1.35. The highest BCUT2D eigenvalue weighted by atomic mass is 15.2. The zero-order chi connectivity index (χ0) is 20.5. The number of benzene rings is 1. The maximum absolute atomic E-state index is 4.78. The molecule has 0 N–H and O–H groups in total. The summed E-state index contributed by atoms with van der Waals surface area (Å²) in [5.74, 6) is 0. The summed E-state index contributed by atoms with van der Waals surface area (Å²) in [6.45, 7) is 4.61. The van der Waals surface area contributed by atoms with Gasteiger partial charge in [-0.3, -0.25) is 14.8 Å². The lowest BCUT2D eigenvalue weighted by Gasteiger charge is -2.41. The summed E-state index contributed by atoms with van der Waals surface area (Å²) in [6, 6.07) is 12.4. The van der Waals surface area contributed by atoms with E-state index in [9.17, 15) is 0 Å². The van der Waals surface area contributed by atoms with Crippen LogP contribution in [-0.4, -0.2) is 54.6 Å². The van der Waals surface area contributed by atoms with Gasteiger partial charge in [0, 0.05) is 44.1 Å².